The quantitative estimate of drug-likeness (QED) is 0.348. The van der Waals surface area contributed by atoms with Crippen LogP contribution in [0.25, 0.3) is 5.76 Å². The molecular weight excluding hydrogens is 420 g/mol. The zero-order chi connectivity index (χ0) is 23.9. The van der Waals surface area contributed by atoms with Crippen LogP contribution in [0.5, 0.6) is 5.75 Å². The molecule has 1 fully saturated rings. The van der Waals surface area contributed by atoms with Crippen molar-refractivity contribution in [3.63, 3.8) is 0 Å². The number of hydrogen-bond donors (Lipinski definition) is 1. The van der Waals surface area contributed by atoms with Gasteiger partial charge in [-0.15, -0.1) is 0 Å². The molecular formula is C26H26N2O5. The molecule has 0 spiro atoms. The van der Waals surface area contributed by atoms with Gasteiger partial charge in [-0.25, -0.2) is 0 Å². The van der Waals surface area contributed by atoms with Gasteiger partial charge in [-0.1, -0.05) is 50.2 Å². The molecule has 1 aromatic heterocycles. The van der Waals surface area contributed by atoms with Crippen molar-refractivity contribution in [2.24, 2.45) is 0 Å². The minimum absolute atomic E-state index is 0.00525. The number of benzene rings is 2. The largest absolute Gasteiger partial charge is 0.507 e. The normalized spacial score (nSPS) is 18.1. The molecule has 2 aromatic carbocycles. The van der Waals surface area contributed by atoms with Crippen LogP contribution in [0, 0.1) is 6.92 Å². The number of aromatic nitrogens is 1. The van der Waals surface area contributed by atoms with E-state index in [0.29, 0.717) is 22.6 Å². The van der Waals surface area contributed by atoms with Gasteiger partial charge in [0, 0.05) is 11.6 Å². The molecule has 33 heavy (non-hydrogen) atoms. The van der Waals surface area contributed by atoms with Crippen molar-refractivity contribution in [1.29, 1.82) is 0 Å². The van der Waals surface area contributed by atoms with Gasteiger partial charge in [-0.3, -0.25) is 14.5 Å². The van der Waals surface area contributed by atoms with Crippen molar-refractivity contribution >= 4 is 23.3 Å². The Hall–Kier alpha value is -3.87. The van der Waals surface area contributed by atoms with Gasteiger partial charge in [0.2, 0.25) is 0 Å². The molecule has 170 valence electrons. The summed E-state index contributed by atoms with van der Waals surface area (Å²) in [5.74, 6) is -0.489. The third-order valence-electron chi connectivity index (χ3n) is 5.76. The van der Waals surface area contributed by atoms with Crippen molar-refractivity contribution in [3.05, 3.63) is 82.6 Å². The summed E-state index contributed by atoms with van der Waals surface area (Å²) in [5.41, 5.74) is 2.12. The zero-order valence-corrected chi connectivity index (χ0v) is 19.2. The van der Waals surface area contributed by atoms with E-state index in [1.165, 1.54) is 4.90 Å². The third kappa shape index (κ3) is 4.02. The summed E-state index contributed by atoms with van der Waals surface area (Å²) in [5, 5.41) is 15.1. The first-order chi connectivity index (χ1) is 15.6. The second kappa shape index (κ2) is 8.24. The minimum Gasteiger partial charge on any atom is -0.507 e. The van der Waals surface area contributed by atoms with Crippen LogP contribution in [0.2, 0.25) is 0 Å². The Labute approximate surface area is 192 Å². The fourth-order valence-electron chi connectivity index (χ4n) is 3.92. The predicted molar refractivity (Wildman–Crippen MR) is 124 cm³/mol. The maximum atomic E-state index is 13.2. The molecule has 1 saturated heterocycles. The van der Waals surface area contributed by atoms with Crippen LogP contribution >= 0.6 is 0 Å². The summed E-state index contributed by atoms with van der Waals surface area (Å²) in [7, 11) is 1.54. The number of carbonyl (C=O) groups is 2. The molecule has 4 rings (SSSR count). The van der Waals surface area contributed by atoms with Gasteiger partial charge >= 0.3 is 5.91 Å². The Morgan fingerprint density at radius 1 is 1.06 bits per heavy atom. The topological polar surface area (TPSA) is 92.9 Å². The summed E-state index contributed by atoms with van der Waals surface area (Å²) in [4.78, 5) is 27.5. The van der Waals surface area contributed by atoms with E-state index in [1.807, 2.05) is 24.3 Å². The molecule has 1 aliphatic rings. The first-order valence-electron chi connectivity index (χ1n) is 10.6. The summed E-state index contributed by atoms with van der Waals surface area (Å²) < 4.78 is 10.3. The lowest BCUT2D eigenvalue weighted by Gasteiger charge is -2.24. The van der Waals surface area contributed by atoms with Crippen molar-refractivity contribution in [1.82, 2.24) is 5.16 Å². The molecule has 2 heterocycles. The number of aryl methyl sites for hydroxylation is 1. The number of anilines is 1. The summed E-state index contributed by atoms with van der Waals surface area (Å²) in [6.45, 7) is 8.03. The van der Waals surface area contributed by atoms with E-state index in [1.54, 1.807) is 44.4 Å². The van der Waals surface area contributed by atoms with E-state index in [4.69, 9.17) is 9.26 Å². The fraction of sp³-hybridized carbons (Fsp3) is 0.269. The minimum atomic E-state index is -0.856. The Balaban J connectivity index is 1.89. The average Bonchev–Trinajstić information content (AvgIpc) is 3.33. The van der Waals surface area contributed by atoms with Crippen LogP contribution in [0.1, 0.15) is 49.3 Å². The van der Waals surface area contributed by atoms with E-state index in [-0.39, 0.29) is 22.6 Å². The summed E-state index contributed by atoms with van der Waals surface area (Å²) in [6.07, 6.45) is 0. The molecule has 0 saturated carbocycles. The molecule has 1 atom stereocenters. The molecule has 0 unspecified atom stereocenters. The SMILES string of the molecule is COc1ccc(/C(O)=C2\C(=O)C(=O)N(c3cc(C)on3)[C@@H]2c2ccc(C(C)(C)C)cc2)cc1. The average molecular weight is 447 g/mol. The van der Waals surface area contributed by atoms with Gasteiger partial charge in [0.05, 0.1) is 18.7 Å². The summed E-state index contributed by atoms with van der Waals surface area (Å²) >= 11 is 0. The molecule has 1 aliphatic heterocycles. The maximum Gasteiger partial charge on any atom is 0.301 e. The zero-order valence-electron chi connectivity index (χ0n) is 19.2. The lowest BCUT2D eigenvalue weighted by Crippen LogP contribution is -2.29. The molecule has 3 aromatic rings. The van der Waals surface area contributed by atoms with E-state index >= 15 is 0 Å². The number of hydrogen-bond acceptors (Lipinski definition) is 6. The Bertz CT molecular complexity index is 1230. The highest BCUT2D eigenvalue weighted by Crippen LogP contribution is 2.42. The van der Waals surface area contributed by atoms with Crippen LogP contribution in [0.4, 0.5) is 5.82 Å². The van der Waals surface area contributed by atoms with Gasteiger partial charge in [0.15, 0.2) is 5.82 Å². The van der Waals surface area contributed by atoms with E-state index in [0.717, 1.165) is 5.56 Å². The lowest BCUT2D eigenvalue weighted by atomic mass is 9.85. The second-order valence-corrected chi connectivity index (χ2v) is 9.07. The van der Waals surface area contributed by atoms with E-state index in [9.17, 15) is 14.7 Å². The van der Waals surface area contributed by atoms with Crippen LogP contribution in [0.15, 0.2) is 64.7 Å². The molecule has 7 heteroatoms. The van der Waals surface area contributed by atoms with Crippen LogP contribution in [0.3, 0.4) is 0 Å². The number of ether oxygens (including phenoxy) is 1. The van der Waals surface area contributed by atoms with Crippen LogP contribution in [-0.4, -0.2) is 29.1 Å². The van der Waals surface area contributed by atoms with Gasteiger partial charge in [-0.2, -0.15) is 0 Å². The number of Topliss-reactive ketones (excluding diaryl/α,β-unsaturated/α-hetero) is 1. The second-order valence-electron chi connectivity index (χ2n) is 9.07. The number of methoxy groups -OCH3 is 1. The van der Waals surface area contributed by atoms with Gasteiger partial charge in [0.1, 0.15) is 17.3 Å². The number of amides is 1. The standard InChI is InChI=1S/C26H26N2O5/c1-15-14-20(27-33-15)28-22(16-6-10-18(11-7-16)26(2,3)4)21(24(30)25(28)31)23(29)17-8-12-19(32-5)13-9-17/h6-14,22,29H,1-5H3/b23-21+/t22-/m1/s1. The maximum absolute atomic E-state index is 13.2. The molecule has 0 bridgehead atoms. The number of rotatable bonds is 4. The Kier molecular flexibility index (Phi) is 5.57. The van der Waals surface area contributed by atoms with Gasteiger partial charge in [0.25, 0.3) is 5.78 Å². The van der Waals surface area contributed by atoms with E-state index in [2.05, 4.69) is 25.9 Å². The van der Waals surface area contributed by atoms with Crippen molar-refractivity contribution in [2.75, 3.05) is 12.0 Å². The number of ketones is 1. The first kappa shape index (κ1) is 22.3. The lowest BCUT2D eigenvalue weighted by molar-refractivity contribution is -0.132. The molecule has 0 radical (unpaired) electrons. The molecule has 0 aliphatic carbocycles. The van der Waals surface area contributed by atoms with Crippen LogP contribution in [-0.2, 0) is 15.0 Å². The van der Waals surface area contributed by atoms with Gasteiger partial charge in [-0.05, 0) is 47.7 Å². The molecule has 1 amide bonds. The number of aliphatic hydroxyl groups is 1. The highest BCUT2D eigenvalue weighted by Gasteiger charge is 2.48. The highest BCUT2D eigenvalue weighted by molar-refractivity contribution is 6.51. The van der Waals surface area contributed by atoms with Crippen molar-refractivity contribution in [3.8, 4) is 5.75 Å². The smallest absolute Gasteiger partial charge is 0.301 e. The van der Waals surface area contributed by atoms with Crippen LogP contribution < -0.4 is 9.64 Å². The number of aliphatic hydroxyl groups excluding tert-OH is 1. The highest BCUT2D eigenvalue weighted by atomic mass is 16.5. The van der Waals surface area contributed by atoms with Gasteiger partial charge < -0.3 is 14.4 Å². The number of nitrogens with zero attached hydrogens (tertiary/aromatic N) is 2. The monoisotopic (exact) mass is 446 g/mol. The fourth-order valence-corrected chi connectivity index (χ4v) is 3.92. The predicted octanol–water partition coefficient (Wildman–Crippen LogP) is 4.92. The Morgan fingerprint density at radius 2 is 1.70 bits per heavy atom. The Morgan fingerprint density at radius 3 is 2.21 bits per heavy atom. The van der Waals surface area contributed by atoms with Crippen molar-refractivity contribution < 1.29 is 24.0 Å². The summed E-state index contributed by atoms with van der Waals surface area (Å²) in [6, 6.07) is 15.1. The molecule has 7 nitrogen and oxygen atoms in total. The van der Waals surface area contributed by atoms with Crippen molar-refractivity contribution in [2.45, 2.75) is 39.2 Å². The molecule has 1 N–H and O–H groups in total. The third-order valence-corrected chi connectivity index (χ3v) is 5.76. The van der Waals surface area contributed by atoms with E-state index < -0.39 is 17.7 Å². The first-order valence-corrected chi connectivity index (χ1v) is 10.6. The number of carbonyl (C=O) groups excluding carboxylic acids is 2.